The van der Waals surface area contributed by atoms with Crippen LogP contribution in [0.2, 0.25) is 0 Å². The lowest BCUT2D eigenvalue weighted by Crippen LogP contribution is -2.35. The van der Waals surface area contributed by atoms with E-state index in [0.29, 0.717) is 6.10 Å². The Kier molecular flexibility index (Phi) is 4.69. The summed E-state index contributed by atoms with van der Waals surface area (Å²) in [5.41, 5.74) is 1.56. The van der Waals surface area contributed by atoms with Gasteiger partial charge in [-0.05, 0) is 50.3 Å². The molecule has 1 aliphatic heterocycles. The van der Waals surface area contributed by atoms with Crippen LogP contribution in [0.5, 0.6) is 0 Å². The summed E-state index contributed by atoms with van der Waals surface area (Å²) in [7, 11) is 0. The molecule has 0 aromatic carbocycles. The molecule has 0 amide bonds. The van der Waals surface area contributed by atoms with Gasteiger partial charge < -0.3 is 10.1 Å². The third kappa shape index (κ3) is 3.58. The van der Waals surface area contributed by atoms with Crippen molar-refractivity contribution in [1.82, 2.24) is 10.3 Å². The number of nitrogens with zero attached hydrogens (tertiary/aromatic N) is 1. The Balaban J connectivity index is 1.35. The summed E-state index contributed by atoms with van der Waals surface area (Å²) in [6.07, 6.45) is 14.5. The molecule has 3 heteroatoms. The fourth-order valence-electron chi connectivity index (χ4n) is 3.64. The highest BCUT2D eigenvalue weighted by molar-refractivity contribution is 5.08. The highest BCUT2D eigenvalue weighted by Crippen LogP contribution is 2.41. The van der Waals surface area contributed by atoms with Crippen molar-refractivity contribution in [3.05, 3.63) is 30.1 Å². The predicted octanol–water partition coefficient (Wildman–Crippen LogP) is 3.10. The van der Waals surface area contributed by atoms with Crippen molar-refractivity contribution in [2.24, 2.45) is 0 Å². The number of rotatable bonds is 5. The highest BCUT2D eigenvalue weighted by atomic mass is 16.5. The summed E-state index contributed by atoms with van der Waals surface area (Å²) < 4.78 is 6.37. The average Bonchev–Trinajstić information content (AvgIpc) is 2.88. The quantitative estimate of drug-likeness (QED) is 0.838. The van der Waals surface area contributed by atoms with Crippen molar-refractivity contribution in [2.45, 2.75) is 63.1 Å². The van der Waals surface area contributed by atoms with E-state index in [1.165, 1.54) is 50.5 Å². The maximum atomic E-state index is 6.37. The van der Waals surface area contributed by atoms with Crippen LogP contribution in [0.1, 0.15) is 50.5 Å². The molecular weight excluding hydrogens is 248 g/mol. The Morgan fingerprint density at radius 2 is 2.15 bits per heavy atom. The van der Waals surface area contributed by atoms with Crippen molar-refractivity contribution in [2.75, 3.05) is 13.1 Å². The van der Waals surface area contributed by atoms with Crippen LogP contribution >= 0.6 is 0 Å². The van der Waals surface area contributed by atoms with E-state index >= 15 is 0 Å². The molecule has 1 aromatic rings. The number of hydrogen-bond acceptors (Lipinski definition) is 3. The number of pyridine rings is 1. The van der Waals surface area contributed by atoms with E-state index < -0.39 is 0 Å². The Bertz CT molecular complexity index is 401. The zero-order chi connectivity index (χ0) is 13.7. The van der Waals surface area contributed by atoms with Crippen molar-refractivity contribution in [3.63, 3.8) is 0 Å². The van der Waals surface area contributed by atoms with Gasteiger partial charge in [-0.25, -0.2) is 0 Å². The average molecular weight is 274 g/mol. The summed E-state index contributed by atoms with van der Waals surface area (Å²) in [6.45, 7) is 2.01. The maximum absolute atomic E-state index is 6.37. The Morgan fingerprint density at radius 3 is 2.95 bits per heavy atom. The largest absolute Gasteiger partial charge is 0.370 e. The topological polar surface area (TPSA) is 34.2 Å². The molecule has 1 unspecified atom stereocenters. The Hall–Kier alpha value is -0.930. The van der Waals surface area contributed by atoms with Crippen LogP contribution in [0.15, 0.2) is 24.5 Å². The third-order valence-electron chi connectivity index (χ3n) is 4.79. The van der Waals surface area contributed by atoms with Gasteiger partial charge in [0.05, 0.1) is 11.7 Å². The lowest BCUT2D eigenvalue weighted by Gasteiger charge is -2.33. The van der Waals surface area contributed by atoms with Crippen LogP contribution in [0.25, 0.3) is 0 Å². The second-order valence-corrected chi connectivity index (χ2v) is 6.34. The minimum atomic E-state index is 0.258. The zero-order valence-electron chi connectivity index (χ0n) is 12.3. The number of nitrogens with one attached hydrogen (secondary N) is 1. The fraction of sp³-hybridized carbons (Fsp3) is 0.706. The molecule has 1 N–H and O–H groups in total. The van der Waals surface area contributed by atoms with Crippen LogP contribution in [0.3, 0.4) is 0 Å². The van der Waals surface area contributed by atoms with Gasteiger partial charge in [-0.15, -0.1) is 0 Å². The van der Waals surface area contributed by atoms with Crippen LogP contribution in [-0.2, 0) is 11.2 Å². The fourth-order valence-corrected chi connectivity index (χ4v) is 3.64. The maximum Gasteiger partial charge on any atom is 0.0708 e. The van der Waals surface area contributed by atoms with E-state index in [4.69, 9.17) is 4.74 Å². The normalized spacial score (nSPS) is 25.1. The SMILES string of the molecule is c1cncc(CCNCC2CCC3(CCCCC3)O2)c1. The minimum Gasteiger partial charge on any atom is -0.370 e. The van der Waals surface area contributed by atoms with E-state index in [1.807, 2.05) is 18.5 Å². The van der Waals surface area contributed by atoms with Gasteiger partial charge >= 0.3 is 0 Å². The van der Waals surface area contributed by atoms with Gasteiger partial charge in [-0.2, -0.15) is 0 Å². The standard InChI is InChI=1S/C17H26N2O/c1-2-8-17(9-3-1)10-6-16(20-17)14-19-12-7-15-5-4-11-18-13-15/h4-5,11,13,16,19H,1-3,6-10,12,14H2. The van der Waals surface area contributed by atoms with Gasteiger partial charge in [0.15, 0.2) is 0 Å². The molecule has 1 aromatic heterocycles. The molecular formula is C17H26N2O. The van der Waals surface area contributed by atoms with E-state index in [2.05, 4.69) is 16.4 Å². The number of aromatic nitrogens is 1. The van der Waals surface area contributed by atoms with Crippen LogP contribution in [0.4, 0.5) is 0 Å². The molecule has 1 aliphatic carbocycles. The molecule has 0 radical (unpaired) electrons. The molecule has 0 bridgehead atoms. The molecule has 20 heavy (non-hydrogen) atoms. The van der Waals surface area contributed by atoms with Gasteiger partial charge in [0, 0.05) is 18.9 Å². The Morgan fingerprint density at radius 1 is 1.25 bits per heavy atom. The third-order valence-corrected chi connectivity index (χ3v) is 4.79. The van der Waals surface area contributed by atoms with Crippen molar-refractivity contribution >= 4 is 0 Å². The summed E-state index contributed by atoms with van der Waals surface area (Å²) in [5, 5.41) is 3.55. The smallest absolute Gasteiger partial charge is 0.0708 e. The van der Waals surface area contributed by atoms with Gasteiger partial charge in [-0.1, -0.05) is 25.3 Å². The van der Waals surface area contributed by atoms with E-state index in [0.717, 1.165) is 19.5 Å². The monoisotopic (exact) mass is 274 g/mol. The van der Waals surface area contributed by atoms with Crippen LogP contribution < -0.4 is 5.32 Å². The molecule has 3 rings (SSSR count). The summed E-state index contributed by atoms with van der Waals surface area (Å²) >= 11 is 0. The summed E-state index contributed by atoms with van der Waals surface area (Å²) in [6, 6.07) is 4.14. The van der Waals surface area contributed by atoms with E-state index in [-0.39, 0.29) is 5.60 Å². The van der Waals surface area contributed by atoms with Crippen molar-refractivity contribution < 1.29 is 4.74 Å². The van der Waals surface area contributed by atoms with Gasteiger partial charge in [0.25, 0.3) is 0 Å². The molecule has 1 atom stereocenters. The second kappa shape index (κ2) is 6.68. The van der Waals surface area contributed by atoms with Crippen LogP contribution in [0, 0.1) is 0 Å². The first-order valence-corrected chi connectivity index (χ1v) is 8.14. The zero-order valence-corrected chi connectivity index (χ0v) is 12.3. The molecule has 2 fully saturated rings. The van der Waals surface area contributed by atoms with Gasteiger partial charge in [0.2, 0.25) is 0 Å². The molecule has 1 spiro atoms. The number of hydrogen-bond donors (Lipinski definition) is 1. The van der Waals surface area contributed by atoms with Gasteiger partial charge in [0.1, 0.15) is 0 Å². The minimum absolute atomic E-state index is 0.258. The lowest BCUT2D eigenvalue weighted by atomic mass is 9.83. The van der Waals surface area contributed by atoms with E-state index in [9.17, 15) is 0 Å². The molecule has 1 saturated carbocycles. The highest BCUT2D eigenvalue weighted by Gasteiger charge is 2.40. The molecule has 2 aliphatic rings. The van der Waals surface area contributed by atoms with E-state index in [1.54, 1.807) is 0 Å². The molecule has 1 saturated heterocycles. The number of ether oxygens (including phenoxy) is 1. The predicted molar refractivity (Wildman–Crippen MR) is 80.7 cm³/mol. The first-order chi connectivity index (χ1) is 9.86. The first-order valence-electron chi connectivity index (χ1n) is 8.14. The molecule has 3 nitrogen and oxygen atoms in total. The Labute approximate surface area is 122 Å². The van der Waals surface area contributed by atoms with Crippen molar-refractivity contribution in [1.29, 1.82) is 0 Å². The second-order valence-electron chi connectivity index (χ2n) is 6.34. The first kappa shape index (κ1) is 14.0. The van der Waals surface area contributed by atoms with Crippen molar-refractivity contribution in [3.8, 4) is 0 Å². The van der Waals surface area contributed by atoms with Crippen LogP contribution in [-0.4, -0.2) is 29.8 Å². The molecule has 2 heterocycles. The molecule has 110 valence electrons. The summed E-state index contributed by atoms with van der Waals surface area (Å²) in [5.74, 6) is 0. The lowest BCUT2D eigenvalue weighted by molar-refractivity contribution is -0.0622. The summed E-state index contributed by atoms with van der Waals surface area (Å²) in [4.78, 5) is 4.15. The van der Waals surface area contributed by atoms with Gasteiger partial charge in [-0.3, -0.25) is 4.98 Å².